The van der Waals surface area contributed by atoms with Crippen molar-refractivity contribution in [3.63, 3.8) is 0 Å². The molecule has 1 aliphatic rings. The van der Waals surface area contributed by atoms with Crippen LogP contribution in [0, 0.1) is 0 Å². The normalized spacial score (nSPS) is 13.5. The van der Waals surface area contributed by atoms with Gasteiger partial charge in [0.1, 0.15) is 18.4 Å². The number of nitrogens with one attached hydrogen (secondary N) is 1. The van der Waals surface area contributed by atoms with Gasteiger partial charge >= 0.3 is 19.9 Å². The molecule has 34 heavy (non-hydrogen) atoms. The Morgan fingerprint density at radius 1 is 0.912 bits per heavy atom. The Labute approximate surface area is 195 Å². The van der Waals surface area contributed by atoms with Crippen LogP contribution in [0.1, 0.15) is 22.6 Å². The third kappa shape index (κ3) is 5.46. The SMILES string of the molecule is O=C(N[C@@H](Cc1ccc(OP(=O)(O)O)cc1)C(=O)O)OCC1c2ccccc2-c2ccccc21. The first-order valence-corrected chi connectivity index (χ1v) is 11.9. The molecule has 4 N–H and O–H groups in total. The van der Waals surface area contributed by atoms with Crippen molar-refractivity contribution < 1.29 is 38.3 Å². The number of carbonyl (C=O) groups is 2. The van der Waals surface area contributed by atoms with E-state index in [9.17, 15) is 19.3 Å². The van der Waals surface area contributed by atoms with E-state index in [-0.39, 0.29) is 24.7 Å². The number of rotatable bonds is 8. The molecule has 0 aromatic heterocycles. The first-order chi connectivity index (χ1) is 16.2. The number of benzene rings is 3. The standard InChI is InChI=1S/C24H22NO8P/c26-23(27)22(13-15-9-11-16(12-10-15)33-34(29,30)31)25-24(28)32-14-21-19-7-3-1-5-17(19)18-6-2-4-8-20(18)21/h1-12,21-22H,13-14H2,(H,25,28)(H,26,27)(H2,29,30,31)/t22-/m0/s1. The Kier molecular flexibility index (Phi) is 6.70. The van der Waals surface area contributed by atoms with Crippen molar-refractivity contribution >= 4 is 19.9 Å². The quantitative estimate of drug-likeness (QED) is 0.356. The molecule has 3 aromatic carbocycles. The van der Waals surface area contributed by atoms with Gasteiger partial charge in [-0.05, 0) is 39.9 Å². The minimum absolute atomic E-state index is 0.0562. The summed E-state index contributed by atoms with van der Waals surface area (Å²) in [6.07, 6.45) is -0.911. The second kappa shape index (κ2) is 9.69. The summed E-state index contributed by atoms with van der Waals surface area (Å²) < 4.78 is 20.8. The molecule has 1 atom stereocenters. The van der Waals surface area contributed by atoms with Gasteiger partial charge in [-0.25, -0.2) is 14.2 Å². The van der Waals surface area contributed by atoms with Crippen LogP contribution in [0.4, 0.5) is 4.79 Å². The topological polar surface area (TPSA) is 142 Å². The molecular formula is C24H22NO8P. The van der Waals surface area contributed by atoms with Crippen molar-refractivity contribution in [3.05, 3.63) is 89.5 Å². The van der Waals surface area contributed by atoms with Crippen LogP contribution >= 0.6 is 7.82 Å². The zero-order valence-electron chi connectivity index (χ0n) is 17.8. The van der Waals surface area contributed by atoms with Gasteiger partial charge in [-0.15, -0.1) is 0 Å². The Balaban J connectivity index is 1.39. The van der Waals surface area contributed by atoms with Crippen molar-refractivity contribution in [1.29, 1.82) is 0 Å². The number of hydrogen-bond donors (Lipinski definition) is 4. The summed E-state index contributed by atoms with van der Waals surface area (Å²) in [4.78, 5) is 41.8. The zero-order valence-corrected chi connectivity index (χ0v) is 18.7. The van der Waals surface area contributed by atoms with E-state index in [4.69, 9.17) is 14.5 Å². The fourth-order valence-electron chi connectivity index (χ4n) is 4.04. The lowest BCUT2D eigenvalue weighted by Crippen LogP contribution is -2.42. The number of phosphoric ester groups is 1. The molecular weight excluding hydrogens is 461 g/mol. The predicted molar refractivity (Wildman–Crippen MR) is 122 cm³/mol. The molecule has 0 unspecified atom stereocenters. The van der Waals surface area contributed by atoms with E-state index in [1.807, 2.05) is 48.5 Å². The molecule has 1 aliphatic carbocycles. The lowest BCUT2D eigenvalue weighted by Gasteiger charge is -2.17. The summed E-state index contributed by atoms with van der Waals surface area (Å²) in [7, 11) is -4.69. The van der Waals surface area contributed by atoms with Gasteiger partial charge in [0, 0.05) is 12.3 Å². The molecule has 0 radical (unpaired) electrons. The zero-order chi connectivity index (χ0) is 24.3. The average molecular weight is 483 g/mol. The summed E-state index contributed by atoms with van der Waals surface area (Å²) in [5, 5.41) is 11.9. The van der Waals surface area contributed by atoms with E-state index in [2.05, 4.69) is 9.84 Å². The highest BCUT2D eigenvalue weighted by Crippen LogP contribution is 2.44. The summed E-state index contributed by atoms with van der Waals surface area (Å²) >= 11 is 0. The molecule has 10 heteroatoms. The molecule has 4 rings (SSSR count). The largest absolute Gasteiger partial charge is 0.524 e. The van der Waals surface area contributed by atoms with Crippen molar-refractivity contribution in [1.82, 2.24) is 5.32 Å². The van der Waals surface area contributed by atoms with Crippen molar-refractivity contribution in [2.24, 2.45) is 0 Å². The Hall–Kier alpha value is -3.65. The second-order valence-corrected chi connectivity index (χ2v) is 8.95. The Morgan fingerprint density at radius 2 is 1.47 bits per heavy atom. The highest BCUT2D eigenvalue weighted by atomic mass is 31.2. The van der Waals surface area contributed by atoms with Crippen LogP contribution in [0.15, 0.2) is 72.8 Å². The summed E-state index contributed by atoms with van der Waals surface area (Å²) in [6.45, 7) is 0.0562. The van der Waals surface area contributed by atoms with Crippen molar-refractivity contribution in [2.45, 2.75) is 18.4 Å². The first kappa shape index (κ1) is 23.5. The molecule has 0 aliphatic heterocycles. The summed E-state index contributed by atoms with van der Waals surface area (Å²) in [5.41, 5.74) is 4.78. The Bertz CT molecular complexity index is 1210. The lowest BCUT2D eigenvalue weighted by atomic mass is 9.98. The molecule has 0 fully saturated rings. The maximum atomic E-state index is 12.4. The van der Waals surface area contributed by atoms with Gasteiger partial charge in [-0.3, -0.25) is 9.79 Å². The van der Waals surface area contributed by atoms with E-state index >= 15 is 0 Å². The van der Waals surface area contributed by atoms with Crippen LogP contribution < -0.4 is 9.84 Å². The highest BCUT2D eigenvalue weighted by molar-refractivity contribution is 7.46. The van der Waals surface area contributed by atoms with Crippen LogP contribution in [-0.4, -0.2) is 39.6 Å². The number of carboxylic acid groups (broad SMARTS) is 1. The number of amides is 1. The van der Waals surface area contributed by atoms with E-state index < -0.39 is 25.9 Å². The second-order valence-electron chi connectivity index (χ2n) is 7.79. The van der Waals surface area contributed by atoms with Gasteiger partial charge in [-0.1, -0.05) is 60.7 Å². The van der Waals surface area contributed by atoms with Gasteiger partial charge < -0.3 is 19.7 Å². The average Bonchev–Trinajstić information content (AvgIpc) is 3.11. The van der Waals surface area contributed by atoms with Gasteiger partial charge in [0.15, 0.2) is 0 Å². The number of alkyl carbamates (subject to hydrolysis) is 1. The van der Waals surface area contributed by atoms with E-state index in [0.717, 1.165) is 22.3 Å². The number of carbonyl (C=O) groups excluding carboxylic acids is 1. The maximum absolute atomic E-state index is 12.4. The van der Waals surface area contributed by atoms with Gasteiger partial charge in [0.05, 0.1) is 0 Å². The monoisotopic (exact) mass is 483 g/mol. The lowest BCUT2D eigenvalue weighted by molar-refractivity contribution is -0.139. The maximum Gasteiger partial charge on any atom is 0.524 e. The number of hydrogen-bond acceptors (Lipinski definition) is 5. The fraction of sp³-hybridized carbons (Fsp3) is 0.167. The highest BCUT2D eigenvalue weighted by Gasteiger charge is 2.29. The van der Waals surface area contributed by atoms with Crippen LogP contribution in [0.25, 0.3) is 11.1 Å². The third-order valence-electron chi connectivity index (χ3n) is 5.52. The molecule has 176 valence electrons. The van der Waals surface area contributed by atoms with Crippen molar-refractivity contribution in [2.75, 3.05) is 6.61 Å². The number of aliphatic carboxylic acids is 1. The number of phosphoric acid groups is 1. The van der Waals surface area contributed by atoms with Crippen LogP contribution in [0.2, 0.25) is 0 Å². The van der Waals surface area contributed by atoms with Gasteiger partial charge in [0.2, 0.25) is 0 Å². The molecule has 0 bridgehead atoms. The Morgan fingerprint density at radius 3 is 2.00 bits per heavy atom. The molecule has 0 heterocycles. The number of fused-ring (bicyclic) bond motifs is 3. The molecule has 3 aromatic rings. The van der Waals surface area contributed by atoms with E-state index in [0.29, 0.717) is 5.56 Å². The molecule has 9 nitrogen and oxygen atoms in total. The van der Waals surface area contributed by atoms with Gasteiger partial charge in [-0.2, -0.15) is 0 Å². The van der Waals surface area contributed by atoms with Crippen LogP contribution in [0.3, 0.4) is 0 Å². The molecule has 1 amide bonds. The van der Waals surface area contributed by atoms with Crippen LogP contribution in [-0.2, 0) is 20.5 Å². The summed E-state index contributed by atoms with van der Waals surface area (Å²) in [5.74, 6) is -1.46. The van der Waals surface area contributed by atoms with Gasteiger partial charge in [0.25, 0.3) is 0 Å². The predicted octanol–water partition coefficient (Wildman–Crippen LogP) is 3.69. The van der Waals surface area contributed by atoms with Crippen molar-refractivity contribution in [3.8, 4) is 16.9 Å². The molecule has 0 saturated carbocycles. The minimum atomic E-state index is -4.69. The smallest absolute Gasteiger partial charge is 0.480 e. The van der Waals surface area contributed by atoms with Crippen LogP contribution in [0.5, 0.6) is 5.75 Å². The molecule has 0 spiro atoms. The third-order valence-corrected chi connectivity index (χ3v) is 5.97. The van der Waals surface area contributed by atoms with E-state index in [1.54, 1.807) is 0 Å². The number of carboxylic acids is 1. The summed E-state index contributed by atoms with van der Waals surface area (Å²) in [6, 6.07) is 20.0. The number of ether oxygens (including phenoxy) is 1. The fourth-order valence-corrected chi connectivity index (χ4v) is 4.44. The molecule has 0 saturated heterocycles. The minimum Gasteiger partial charge on any atom is -0.480 e. The first-order valence-electron chi connectivity index (χ1n) is 10.4. The van der Waals surface area contributed by atoms with E-state index in [1.165, 1.54) is 24.3 Å².